The van der Waals surface area contributed by atoms with Gasteiger partial charge in [0.2, 0.25) is 0 Å². The van der Waals surface area contributed by atoms with Crippen molar-refractivity contribution in [1.29, 1.82) is 0 Å². The number of hydrogen-bond acceptors (Lipinski definition) is 1. The summed E-state index contributed by atoms with van der Waals surface area (Å²) in [6.45, 7) is 2.10. The first-order chi connectivity index (χ1) is 8.34. The first kappa shape index (κ1) is 10.0. The molecule has 0 radical (unpaired) electrons. The number of pyridine rings is 1. The molecule has 1 heteroatoms. The van der Waals surface area contributed by atoms with Gasteiger partial charge >= 0.3 is 0 Å². The summed E-state index contributed by atoms with van der Waals surface area (Å²) < 4.78 is 0. The molecule has 1 aromatic heterocycles. The molecule has 0 atom stereocenters. The van der Waals surface area contributed by atoms with Crippen LogP contribution in [0, 0.1) is 6.92 Å². The SMILES string of the molecule is Cc1cccc2ccc(-c3ccccc3)nc12. The zero-order chi connectivity index (χ0) is 11.7. The van der Waals surface area contributed by atoms with Crippen LogP contribution in [0.1, 0.15) is 5.56 Å². The van der Waals surface area contributed by atoms with Crippen LogP contribution in [0.3, 0.4) is 0 Å². The molecule has 1 heterocycles. The lowest BCUT2D eigenvalue weighted by Gasteiger charge is -2.05. The fourth-order valence-electron chi connectivity index (χ4n) is 2.06. The van der Waals surface area contributed by atoms with Gasteiger partial charge in [0.1, 0.15) is 0 Å². The van der Waals surface area contributed by atoms with E-state index in [2.05, 4.69) is 49.4 Å². The van der Waals surface area contributed by atoms with Crippen molar-refractivity contribution in [3.8, 4) is 11.3 Å². The first-order valence-electron chi connectivity index (χ1n) is 5.76. The van der Waals surface area contributed by atoms with Crippen LogP contribution in [0.25, 0.3) is 22.2 Å². The van der Waals surface area contributed by atoms with Crippen molar-refractivity contribution in [3.05, 3.63) is 66.2 Å². The highest BCUT2D eigenvalue weighted by Crippen LogP contribution is 2.22. The molecule has 82 valence electrons. The molecule has 0 N–H and O–H groups in total. The van der Waals surface area contributed by atoms with E-state index in [-0.39, 0.29) is 0 Å². The molecular weight excluding hydrogens is 206 g/mol. The van der Waals surface area contributed by atoms with Crippen LogP contribution in [0.15, 0.2) is 60.7 Å². The van der Waals surface area contributed by atoms with Crippen molar-refractivity contribution in [3.63, 3.8) is 0 Å². The smallest absolute Gasteiger partial charge is 0.0738 e. The summed E-state index contributed by atoms with van der Waals surface area (Å²) in [6, 6.07) is 20.8. The molecule has 0 saturated carbocycles. The first-order valence-corrected chi connectivity index (χ1v) is 5.76. The van der Waals surface area contributed by atoms with E-state index in [1.807, 2.05) is 18.2 Å². The fourth-order valence-corrected chi connectivity index (χ4v) is 2.06. The Bertz CT molecular complexity index is 657. The van der Waals surface area contributed by atoms with Gasteiger partial charge in [-0.05, 0) is 18.6 Å². The maximum atomic E-state index is 4.74. The molecule has 17 heavy (non-hydrogen) atoms. The number of hydrogen-bond donors (Lipinski definition) is 0. The number of aromatic nitrogens is 1. The van der Waals surface area contributed by atoms with Crippen LogP contribution in [0.2, 0.25) is 0 Å². The molecule has 0 aliphatic carbocycles. The maximum Gasteiger partial charge on any atom is 0.0738 e. The summed E-state index contributed by atoms with van der Waals surface area (Å²) in [5.41, 5.74) is 4.51. The number of nitrogens with zero attached hydrogens (tertiary/aromatic N) is 1. The van der Waals surface area contributed by atoms with Crippen LogP contribution in [0.4, 0.5) is 0 Å². The average Bonchev–Trinajstić information content (AvgIpc) is 2.40. The van der Waals surface area contributed by atoms with Gasteiger partial charge in [-0.1, -0.05) is 54.6 Å². The van der Waals surface area contributed by atoms with Gasteiger partial charge in [-0.25, -0.2) is 4.98 Å². The standard InChI is InChI=1S/C16H13N/c1-12-6-5-9-14-10-11-15(17-16(12)14)13-7-3-2-4-8-13/h2-11H,1H3. The zero-order valence-electron chi connectivity index (χ0n) is 9.72. The molecule has 3 aromatic rings. The molecule has 0 aliphatic heterocycles. The summed E-state index contributed by atoms with van der Waals surface area (Å²) in [5.74, 6) is 0. The summed E-state index contributed by atoms with van der Waals surface area (Å²) in [6.07, 6.45) is 0. The van der Waals surface area contributed by atoms with Crippen LogP contribution in [0.5, 0.6) is 0 Å². The second-order valence-electron chi connectivity index (χ2n) is 4.21. The van der Waals surface area contributed by atoms with Gasteiger partial charge in [-0.3, -0.25) is 0 Å². The average molecular weight is 219 g/mol. The number of rotatable bonds is 1. The molecule has 0 bridgehead atoms. The van der Waals surface area contributed by atoms with Gasteiger partial charge in [0.25, 0.3) is 0 Å². The molecular formula is C16H13N. The summed E-state index contributed by atoms with van der Waals surface area (Å²) >= 11 is 0. The Kier molecular flexibility index (Phi) is 2.37. The molecule has 0 amide bonds. The molecule has 0 spiro atoms. The highest BCUT2D eigenvalue weighted by molar-refractivity contribution is 5.84. The van der Waals surface area contributed by atoms with E-state index in [9.17, 15) is 0 Å². The summed E-state index contributed by atoms with van der Waals surface area (Å²) in [5, 5.41) is 1.20. The lowest BCUT2D eigenvalue weighted by molar-refractivity contribution is 1.36. The van der Waals surface area contributed by atoms with E-state index in [4.69, 9.17) is 4.98 Å². The minimum absolute atomic E-state index is 1.03. The van der Waals surface area contributed by atoms with Crippen LogP contribution >= 0.6 is 0 Å². The van der Waals surface area contributed by atoms with Crippen molar-refractivity contribution in [2.24, 2.45) is 0 Å². The predicted molar refractivity (Wildman–Crippen MR) is 71.9 cm³/mol. The third-order valence-electron chi connectivity index (χ3n) is 2.99. The third kappa shape index (κ3) is 1.80. The third-order valence-corrected chi connectivity index (χ3v) is 2.99. The van der Waals surface area contributed by atoms with Crippen LogP contribution < -0.4 is 0 Å². The van der Waals surface area contributed by atoms with Gasteiger partial charge in [0.05, 0.1) is 11.2 Å². The van der Waals surface area contributed by atoms with Crippen molar-refractivity contribution < 1.29 is 0 Å². The minimum Gasteiger partial charge on any atom is -0.248 e. The monoisotopic (exact) mass is 219 g/mol. The second kappa shape index (κ2) is 4.02. The van der Waals surface area contributed by atoms with Gasteiger partial charge in [-0.2, -0.15) is 0 Å². The maximum absolute atomic E-state index is 4.74. The Hall–Kier alpha value is -2.15. The van der Waals surface area contributed by atoms with E-state index in [0.717, 1.165) is 16.8 Å². The molecule has 0 saturated heterocycles. The fraction of sp³-hybridized carbons (Fsp3) is 0.0625. The number of benzene rings is 2. The zero-order valence-corrected chi connectivity index (χ0v) is 9.72. The molecule has 1 nitrogen and oxygen atoms in total. The largest absolute Gasteiger partial charge is 0.248 e. The molecule has 3 rings (SSSR count). The van der Waals surface area contributed by atoms with E-state index in [1.165, 1.54) is 10.9 Å². The number of fused-ring (bicyclic) bond motifs is 1. The Balaban J connectivity index is 2.23. The normalized spacial score (nSPS) is 10.6. The highest BCUT2D eigenvalue weighted by atomic mass is 14.7. The Morgan fingerprint density at radius 2 is 1.59 bits per heavy atom. The lowest BCUT2D eigenvalue weighted by Crippen LogP contribution is -1.87. The summed E-state index contributed by atoms with van der Waals surface area (Å²) in [7, 11) is 0. The van der Waals surface area contributed by atoms with Crippen molar-refractivity contribution in [2.45, 2.75) is 6.92 Å². The van der Waals surface area contributed by atoms with E-state index >= 15 is 0 Å². The second-order valence-corrected chi connectivity index (χ2v) is 4.21. The van der Waals surface area contributed by atoms with Gasteiger partial charge in [0, 0.05) is 10.9 Å². The predicted octanol–water partition coefficient (Wildman–Crippen LogP) is 4.21. The number of para-hydroxylation sites is 1. The molecule has 0 fully saturated rings. The molecule has 0 aliphatic rings. The Morgan fingerprint density at radius 3 is 2.41 bits per heavy atom. The van der Waals surface area contributed by atoms with Crippen LogP contribution in [-0.4, -0.2) is 4.98 Å². The summed E-state index contributed by atoms with van der Waals surface area (Å²) in [4.78, 5) is 4.74. The Labute approximate surface area is 101 Å². The van der Waals surface area contributed by atoms with Gasteiger partial charge in [-0.15, -0.1) is 0 Å². The van der Waals surface area contributed by atoms with Gasteiger partial charge < -0.3 is 0 Å². The van der Waals surface area contributed by atoms with E-state index in [1.54, 1.807) is 0 Å². The van der Waals surface area contributed by atoms with Gasteiger partial charge in [0.15, 0.2) is 0 Å². The van der Waals surface area contributed by atoms with Crippen LogP contribution in [-0.2, 0) is 0 Å². The Morgan fingerprint density at radius 1 is 0.765 bits per heavy atom. The lowest BCUT2D eigenvalue weighted by atomic mass is 10.1. The highest BCUT2D eigenvalue weighted by Gasteiger charge is 2.02. The quantitative estimate of drug-likeness (QED) is 0.597. The van der Waals surface area contributed by atoms with Crippen molar-refractivity contribution >= 4 is 10.9 Å². The van der Waals surface area contributed by atoms with E-state index < -0.39 is 0 Å². The van der Waals surface area contributed by atoms with Crippen molar-refractivity contribution in [1.82, 2.24) is 4.98 Å². The van der Waals surface area contributed by atoms with E-state index in [0.29, 0.717) is 0 Å². The number of aryl methyl sites for hydroxylation is 1. The van der Waals surface area contributed by atoms with Crippen molar-refractivity contribution in [2.75, 3.05) is 0 Å². The topological polar surface area (TPSA) is 12.9 Å². The molecule has 0 unspecified atom stereocenters. The molecule has 2 aromatic carbocycles. The minimum atomic E-state index is 1.03.